The molecule has 19 nitrogen and oxygen atoms in total. The van der Waals surface area contributed by atoms with E-state index in [1.165, 1.54) is 35.3 Å². The van der Waals surface area contributed by atoms with Crippen molar-refractivity contribution in [2.45, 2.75) is 108 Å². The van der Waals surface area contributed by atoms with Crippen molar-refractivity contribution in [1.82, 2.24) is 37.2 Å². The second kappa shape index (κ2) is 28.9. The molecule has 1 aliphatic rings. The number of amides is 7. The molecule has 1 fully saturated rings. The van der Waals surface area contributed by atoms with E-state index in [0.29, 0.717) is 30.2 Å². The summed E-state index contributed by atoms with van der Waals surface area (Å²) in [5.41, 5.74) is 16.4. The molecule has 1 rings (SSSR count). The predicted octanol–water partition coefficient (Wildman–Crippen LogP) is -2.52. The number of primary amides is 1. The summed E-state index contributed by atoms with van der Waals surface area (Å²) in [5.74, 6) is -3.30. The molecule has 0 unspecified atom stereocenters. The summed E-state index contributed by atoms with van der Waals surface area (Å²) in [4.78, 5) is 96.7. The van der Waals surface area contributed by atoms with E-state index in [4.69, 9.17) is 17.2 Å². The van der Waals surface area contributed by atoms with Gasteiger partial charge in [-0.2, -0.15) is 35.3 Å². The SMILES string of the molecule is CSCC[C@H](NC(=O)[C@H](CCCN=C(N)N)NC(=O)[C@H](CC(C)C)NC(=O)[C@H](CCSC)NC(=O)[C@H](CO)NC(=O)[C@H](CCSC)NC(=O)[C@@H]1CCCN1)C(N)=O. The van der Waals surface area contributed by atoms with E-state index in [9.17, 15) is 38.7 Å². The van der Waals surface area contributed by atoms with Crippen LogP contribution in [-0.4, -0.2) is 150 Å². The van der Waals surface area contributed by atoms with Crippen LogP contribution in [0.25, 0.3) is 0 Å². The van der Waals surface area contributed by atoms with Gasteiger partial charge in [0.05, 0.1) is 12.6 Å². The summed E-state index contributed by atoms with van der Waals surface area (Å²) in [6, 6.07) is -7.28. The molecule has 326 valence electrons. The summed E-state index contributed by atoms with van der Waals surface area (Å²) in [6.07, 6.45) is 8.22. The number of rotatable bonds is 29. The number of nitrogens with two attached hydrogens (primary N) is 3. The first kappa shape index (κ1) is 51.5. The third-order valence-corrected chi connectivity index (χ3v) is 10.8. The molecular formula is C35H65N11O8S3. The Morgan fingerprint density at radius 3 is 1.56 bits per heavy atom. The average molecular weight is 864 g/mol. The molecule has 7 amide bonds. The lowest BCUT2D eigenvalue weighted by atomic mass is 10.0. The van der Waals surface area contributed by atoms with E-state index < -0.39 is 84.3 Å². The quantitative estimate of drug-likeness (QED) is 0.0210. The topological polar surface area (TPSA) is 314 Å². The summed E-state index contributed by atoms with van der Waals surface area (Å²) in [7, 11) is 0. The number of carbonyl (C=O) groups is 7. The van der Waals surface area contributed by atoms with Crippen LogP contribution >= 0.6 is 35.3 Å². The Hall–Kier alpha value is -3.47. The van der Waals surface area contributed by atoms with E-state index in [-0.39, 0.29) is 62.9 Å². The van der Waals surface area contributed by atoms with Crippen LogP contribution in [0.4, 0.5) is 0 Å². The maximum Gasteiger partial charge on any atom is 0.245 e. The van der Waals surface area contributed by atoms with Gasteiger partial charge in [-0.15, -0.1) is 0 Å². The van der Waals surface area contributed by atoms with Crippen LogP contribution < -0.4 is 54.4 Å². The minimum atomic E-state index is -1.45. The Kier molecular flexibility index (Phi) is 26.1. The van der Waals surface area contributed by atoms with Gasteiger partial charge >= 0.3 is 0 Å². The van der Waals surface area contributed by atoms with E-state index >= 15 is 0 Å². The van der Waals surface area contributed by atoms with Crippen molar-refractivity contribution in [2.24, 2.45) is 28.1 Å². The fourth-order valence-electron chi connectivity index (χ4n) is 5.74. The summed E-state index contributed by atoms with van der Waals surface area (Å²) in [5, 5.41) is 29.1. The Morgan fingerprint density at radius 2 is 1.11 bits per heavy atom. The smallest absolute Gasteiger partial charge is 0.245 e. The molecule has 22 heteroatoms. The molecule has 1 heterocycles. The molecule has 0 aromatic rings. The van der Waals surface area contributed by atoms with Crippen molar-refractivity contribution < 1.29 is 38.7 Å². The van der Waals surface area contributed by atoms with E-state index in [1.807, 2.05) is 32.6 Å². The van der Waals surface area contributed by atoms with Gasteiger partial charge in [0.2, 0.25) is 41.4 Å². The fraction of sp³-hybridized carbons (Fsp3) is 0.771. The Balaban J connectivity index is 3.20. The Labute approximate surface area is 348 Å². The third-order valence-electron chi connectivity index (χ3n) is 8.87. The van der Waals surface area contributed by atoms with Crippen LogP contribution in [0.3, 0.4) is 0 Å². The first-order valence-electron chi connectivity index (χ1n) is 19.1. The molecular weight excluding hydrogens is 799 g/mol. The Bertz CT molecular complexity index is 1340. The normalized spacial score (nSPS) is 16.9. The number of nitrogens with one attached hydrogen (secondary N) is 7. The molecule has 0 aromatic carbocycles. The summed E-state index contributed by atoms with van der Waals surface area (Å²) < 4.78 is 0. The van der Waals surface area contributed by atoms with Gasteiger partial charge < -0.3 is 59.5 Å². The van der Waals surface area contributed by atoms with Crippen LogP contribution in [0.1, 0.15) is 65.2 Å². The summed E-state index contributed by atoms with van der Waals surface area (Å²) >= 11 is 4.37. The highest BCUT2D eigenvalue weighted by Crippen LogP contribution is 2.11. The second-order valence-corrected chi connectivity index (χ2v) is 17.0. The molecule has 1 aliphatic heterocycles. The van der Waals surface area contributed by atoms with E-state index in [1.54, 1.807) is 0 Å². The lowest BCUT2D eigenvalue weighted by molar-refractivity contribution is -0.136. The lowest BCUT2D eigenvalue weighted by Gasteiger charge is -2.28. The molecule has 0 radical (unpaired) electrons. The number of guanidine groups is 1. The van der Waals surface area contributed by atoms with Crippen LogP contribution in [0.2, 0.25) is 0 Å². The van der Waals surface area contributed by atoms with Gasteiger partial charge in [-0.05, 0) is 99.9 Å². The monoisotopic (exact) mass is 863 g/mol. The van der Waals surface area contributed by atoms with Gasteiger partial charge in [-0.3, -0.25) is 38.6 Å². The standard InChI is InChI=1S/C35H65N11O8S3/c1-20(2)18-26(33(53)42-23(9-7-14-40-35(37)38)30(50)41-21(28(36)48)10-15-55-3)45-31(51)24(11-16-56-4)44-34(54)27(19-47)46-32(52)25(12-17-57-5)43-29(49)22-8-6-13-39-22/h20-27,39,47H,6-19H2,1-5H3,(H2,36,48)(H,41,50)(H,42,53)(H,43,49)(H,44,54)(H,45,51)(H,46,52)(H4,37,38,40)/t21-,22-,23-,24-,25-,26-,27-/m0/s1. The van der Waals surface area contributed by atoms with Crippen LogP contribution in [-0.2, 0) is 33.6 Å². The number of nitrogens with zero attached hydrogens (tertiary/aromatic N) is 1. The molecule has 7 atom stereocenters. The van der Waals surface area contributed by atoms with Crippen molar-refractivity contribution in [3.8, 4) is 0 Å². The predicted molar refractivity (Wildman–Crippen MR) is 227 cm³/mol. The molecule has 0 bridgehead atoms. The molecule has 57 heavy (non-hydrogen) atoms. The Morgan fingerprint density at radius 1 is 0.667 bits per heavy atom. The molecule has 0 aliphatic carbocycles. The van der Waals surface area contributed by atoms with Gasteiger partial charge in [-0.25, -0.2) is 0 Å². The first-order chi connectivity index (χ1) is 27.1. The number of thioether (sulfide) groups is 3. The highest BCUT2D eigenvalue weighted by Gasteiger charge is 2.34. The van der Waals surface area contributed by atoms with Gasteiger partial charge in [0.1, 0.15) is 36.3 Å². The first-order valence-corrected chi connectivity index (χ1v) is 23.2. The van der Waals surface area contributed by atoms with Gasteiger partial charge in [-0.1, -0.05) is 13.8 Å². The fourth-order valence-corrected chi connectivity index (χ4v) is 7.16. The van der Waals surface area contributed by atoms with Gasteiger partial charge in [0.15, 0.2) is 5.96 Å². The van der Waals surface area contributed by atoms with Crippen LogP contribution in [0, 0.1) is 5.92 Å². The highest BCUT2D eigenvalue weighted by atomic mass is 32.2. The van der Waals surface area contributed by atoms with Crippen LogP contribution in [0.5, 0.6) is 0 Å². The number of hydrogen-bond donors (Lipinski definition) is 11. The minimum absolute atomic E-state index is 0.0880. The van der Waals surface area contributed by atoms with E-state index in [0.717, 1.165) is 6.42 Å². The largest absolute Gasteiger partial charge is 0.394 e. The highest BCUT2D eigenvalue weighted by molar-refractivity contribution is 7.98. The zero-order valence-electron chi connectivity index (χ0n) is 33.7. The number of aliphatic hydroxyl groups is 1. The van der Waals surface area contributed by atoms with Crippen molar-refractivity contribution in [3.05, 3.63) is 0 Å². The second-order valence-electron chi connectivity index (χ2n) is 14.0. The zero-order chi connectivity index (χ0) is 42.9. The van der Waals surface area contributed by atoms with Crippen molar-refractivity contribution in [1.29, 1.82) is 0 Å². The lowest BCUT2D eigenvalue weighted by Crippen LogP contribution is -2.60. The molecule has 14 N–H and O–H groups in total. The number of aliphatic imine (C=N–C) groups is 1. The van der Waals surface area contributed by atoms with Crippen molar-refractivity contribution in [3.63, 3.8) is 0 Å². The molecule has 0 saturated carbocycles. The van der Waals surface area contributed by atoms with Gasteiger partial charge in [0, 0.05) is 6.54 Å². The number of carbonyl (C=O) groups excluding carboxylic acids is 7. The van der Waals surface area contributed by atoms with Crippen molar-refractivity contribution in [2.75, 3.05) is 55.7 Å². The molecule has 0 aromatic heterocycles. The zero-order valence-corrected chi connectivity index (χ0v) is 36.2. The van der Waals surface area contributed by atoms with Gasteiger partial charge in [0.25, 0.3) is 0 Å². The van der Waals surface area contributed by atoms with Crippen LogP contribution in [0.15, 0.2) is 4.99 Å². The third kappa shape index (κ3) is 20.7. The molecule has 1 saturated heterocycles. The maximum absolute atomic E-state index is 13.8. The maximum atomic E-state index is 13.8. The number of hydrogen-bond acceptors (Lipinski definition) is 13. The summed E-state index contributed by atoms with van der Waals surface area (Å²) in [6.45, 7) is 3.75. The number of aliphatic hydroxyl groups excluding tert-OH is 1. The van der Waals surface area contributed by atoms with E-state index in [2.05, 4.69) is 42.2 Å². The molecule has 0 spiro atoms. The van der Waals surface area contributed by atoms with Crippen molar-refractivity contribution >= 4 is 82.6 Å². The average Bonchev–Trinajstić information content (AvgIpc) is 3.71. The minimum Gasteiger partial charge on any atom is -0.394 e.